The van der Waals surface area contributed by atoms with Crippen LogP contribution in [0.1, 0.15) is 34.1 Å². The van der Waals surface area contributed by atoms with Crippen LogP contribution in [0.25, 0.3) is 0 Å². The van der Waals surface area contributed by atoms with E-state index in [0.717, 1.165) is 22.3 Å². The molecule has 0 aromatic heterocycles. The molecule has 4 rings (SSSR count). The maximum absolute atomic E-state index is 11.7. The van der Waals surface area contributed by atoms with E-state index in [2.05, 4.69) is 0 Å². The number of phenolic OH excluding ortho intramolecular Hbond substituents is 2. The first-order valence-electron chi connectivity index (χ1n) is 9.63. The largest absolute Gasteiger partial charge is 0.872 e. The molecular formula is C26H20O4-2. The highest BCUT2D eigenvalue weighted by Crippen LogP contribution is 2.44. The summed E-state index contributed by atoms with van der Waals surface area (Å²) >= 11 is 0. The minimum absolute atomic E-state index is 0.0694. The second-order valence-corrected chi connectivity index (χ2v) is 7.28. The number of hydrogen-bond donors (Lipinski definition) is 2. The Hall–Kier alpha value is -3.92. The molecule has 0 saturated heterocycles. The number of rotatable bonds is 5. The number of aromatic hydroxyl groups is 2. The smallest absolute Gasteiger partial charge is 0.115 e. The first-order valence-corrected chi connectivity index (χ1v) is 9.63. The third-order valence-electron chi connectivity index (χ3n) is 5.32. The van der Waals surface area contributed by atoms with Crippen LogP contribution < -0.4 is 10.2 Å². The number of hydrogen-bond acceptors (Lipinski definition) is 4. The molecule has 0 aliphatic carbocycles. The van der Waals surface area contributed by atoms with Crippen molar-refractivity contribution in [3.63, 3.8) is 0 Å². The number of phenols is 2. The SMILES string of the molecule is [O-]c1ccc(C(c2ccc(O)cc2)C(c2ccc([O-])cc2)c2ccc(O)cc2)cc1. The van der Waals surface area contributed by atoms with E-state index in [0.29, 0.717) is 0 Å². The van der Waals surface area contributed by atoms with Gasteiger partial charge in [0.05, 0.1) is 0 Å². The molecule has 0 spiro atoms. The summed E-state index contributed by atoms with van der Waals surface area (Å²) in [7, 11) is 0. The fraction of sp³-hybridized carbons (Fsp3) is 0.0769. The fourth-order valence-corrected chi connectivity index (χ4v) is 3.87. The maximum Gasteiger partial charge on any atom is 0.115 e. The lowest BCUT2D eigenvalue weighted by atomic mass is 9.73. The molecule has 0 heterocycles. The molecule has 0 bridgehead atoms. The topological polar surface area (TPSA) is 86.6 Å². The molecule has 150 valence electrons. The molecule has 30 heavy (non-hydrogen) atoms. The second kappa shape index (κ2) is 8.21. The highest BCUT2D eigenvalue weighted by Gasteiger charge is 2.28. The van der Waals surface area contributed by atoms with E-state index in [1.165, 1.54) is 24.3 Å². The van der Waals surface area contributed by atoms with Crippen LogP contribution in [0.5, 0.6) is 23.0 Å². The van der Waals surface area contributed by atoms with E-state index >= 15 is 0 Å². The van der Waals surface area contributed by atoms with Gasteiger partial charge in [0.25, 0.3) is 0 Å². The van der Waals surface area contributed by atoms with Crippen LogP contribution in [-0.2, 0) is 0 Å². The second-order valence-electron chi connectivity index (χ2n) is 7.28. The van der Waals surface area contributed by atoms with Crippen LogP contribution in [0, 0.1) is 0 Å². The number of benzene rings is 4. The van der Waals surface area contributed by atoms with Crippen LogP contribution in [0.4, 0.5) is 0 Å². The maximum atomic E-state index is 11.7. The van der Waals surface area contributed by atoms with Gasteiger partial charge in [-0.25, -0.2) is 0 Å². The molecule has 0 radical (unpaired) electrons. The highest BCUT2D eigenvalue weighted by atomic mass is 16.3. The van der Waals surface area contributed by atoms with Crippen molar-refractivity contribution in [1.82, 2.24) is 0 Å². The lowest BCUT2D eigenvalue weighted by molar-refractivity contribution is -0.269. The third-order valence-corrected chi connectivity index (χ3v) is 5.32. The predicted octanol–water partition coefficient (Wildman–Crippen LogP) is 4.21. The van der Waals surface area contributed by atoms with Gasteiger partial charge in [-0.05, 0) is 46.5 Å². The summed E-state index contributed by atoms with van der Waals surface area (Å²) in [4.78, 5) is 0. The van der Waals surface area contributed by atoms with Gasteiger partial charge < -0.3 is 20.4 Å². The standard InChI is InChI=1S/C26H22O4/c27-21-9-1-17(2-10-21)25(18-3-11-22(28)12-4-18)26(19-5-13-23(29)14-6-19)20-7-15-24(30)16-8-20/h1-16,25-30H/p-2. The van der Waals surface area contributed by atoms with E-state index < -0.39 is 0 Å². The summed E-state index contributed by atoms with van der Waals surface area (Å²) in [6.45, 7) is 0. The van der Waals surface area contributed by atoms with Crippen molar-refractivity contribution in [2.24, 2.45) is 0 Å². The minimum Gasteiger partial charge on any atom is -0.872 e. The normalized spacial score (nSPS) is 12.9. The van der Waals surface area contributed by atoms with Gasteiger partial charge in [-0.15, -0.1) is 11.5 Å². The molecule has 2 atom stereocenters. The average Bonchev–Trinajstić information content (AvgIpc) is 2.75. The van der Waals surface area contributed by atoms with E-state index in [9.17, 15) is 20.4 Å². The molecule has 0 saturated carbocycles. The van der Waals surface area contributed by atoms with Gasteiger partial charge in [-0.3, -0.25) is 0 Å². The molecular weight excluding hydrogens is 376 g/mol. The first kappa shape index (κ1) is 19.4. The zero-order valence-electron chi connectivity index (χ0n) is 16.1. The Morgan fingerprint density at radius 1 is 0.400 bits per heavy atom. The Morgan fingerprint density at radius 2 is 0.633 bits per heavy atom. The molecule has 0 amide bonds. The van der Waals surface area contributed by atoms with Gasteiger partial charge in [0.2, 0.25) is 0 Å². The van der Waals surface area contributed by atoms with E-state index in [1.807, 2.05) is 48.5 Å². The lowest BCUT2D eigenvalue weighted by Crippen LogP contribution is -2.15. The minimum atomic E-state index is -0.187. The van der Waals surface area contributed by atoms with E-state index in [-0.39, 0.29) is 34.8 Å². The molecule has 0 aliphatic heterocycles. The molecule has 2 N–H and O–H groups in total. The average molecular weight is 396 g/mol. The molecule has 4 heteroatoms. The highest BCUT2D eigenvalue weighted by molar-refractivity contribution is 5.47. The van der Waals surface area contributed by atoms with Crippen LogP contribution >= 0.6 is 0 Å². The van der Waals surface area contributed by atoms with Crippen molar-refractivity contribution in [2.75, 3.05) is 0 Å². The van der Waals surface area contributed by atoms with E-state index in [1.54, 1.807) is 24.3 Å². The van der Waals surface area contributed by atoms with Crippen molar-refractivity contribution in [3.8, 4) is 23.0 Å². The molecule has 0 aliphatic rings. The van der Waals surface area contributed by atoms with Crippen molar-refractivity contribution >= 4 is 0 Å². The van der Waals surface area contributed by atoms with Gasteiger partial charge in [0.15, 0.2) is 0 Å². The Morgan fingerprint density at radius 3 is 0.900 bits per heavy atom. The predicted molar refractivity (Wildman–Crippen MR) is 112 cm³/mol. The van der Waals surface area contributed by atoms with E-state index in [4.69, 9.17) is 0 Å². The van der Waals surface area contributed by atoms with Crippen molar-refractivity contribution in [3.05, 3.63) is 119 Å². The van der Waals surface area contributed by atoms with Crippen LogP contribution in [0.15, 0.2) is 97.1 Å². The Labute approximate surface area is 175 Å². The molecule has 4 aromatic carbocycles. The Kier molecular flexibility index (Phi) is 5.31. The quantitative estimate of drug-likeness (QED) is 0.529. The van der Waals surface area contributed by atoms with Gasteiger partial charge >= 0.3 is 0 Å². The van der Waals surface area contributed by atoms with Crippen LogP contribution in [0.3, 0.4) is 0 Å². The summed E-state index contributed by atoms with van der Waals surface area (Å²) in [5.74, 6) is -0.171. The zero-order valence-corrected chi connectivity index (χ0v) is 16.1. The summed E-state index contributed by atoms with van der Waals surface area (Å²) in [6, 6.07) is 27.4. The summed E-state index contributed by atoms with van der Waals surface area (Å²) in [5.41, 5.74) is 3.78. The Bertz CT molecular complexity index is 916. The van der Waals surface area contributed by atoms with Gasteiger partial charge in [-0.2, -0.15) is 0 Å². The third kappa shape index (κ3) is 4.08. The first-order chi connectivity index (χ1) is 14.5. The van der Waals surface area contributed by atoms with Crippen molar-refractivity contribution < 1.29 is 20.4 Å². The van der Waals surface area contributed by atoms with Crippen molar-refractivity contribution in [1.29, 1.82) is 0 Å². The van der Waals surface area contributed by atoms with Crippen LogP contribution in [-0.4, -0.2) is 10.2 Å². The Balaban J connectivity index is 1.93. The summed E-state index contributed by atoms with van der Waals surface area (Å²) in [6.07, 6.45) is 0. The summed E-state index contributed by atoms with van der Waals surface area (Å²) < 4.78 is 0. The van der Waals surface area contributed by atoms with Gasteiger partial charge in [-0.1, -0.05) is 72.8 Å². The molecule has 2 unspecified atom stereocenters. The van der Waals surface area contributed by atoms with Crippen LogP contribution in [0.2, 0.25) is 0 Å². The lowest BCUT2D eigenvalue weighted by Gasteiger charge is -2.30. The van der Waals surface area contributed by atoms with Gasteiger partial charge in [0, 0.05) is 11.8 Å². The fourth-order valence-electron chi connectivity index (χ4n) is 3.87. The zero-order chi connectivity index (χ0) is 21.1. The molecule has 4 nitrogen and oxygen atoms in total. The van der Waals surface area contributed by atoms with Gasteiger partial charge in [0.1, 0.15) is 11.5 Å². The van der Waals surface area contributed by atoms with Crippen molar-refractivity contribution in [2.45, 2.75) is 11.8 Å². The monoisotopic (exact) mass is 396 g/mol. The molecule has 4 aromatic rings. The summed E-state index contributed by atoms with van der Waals surface area (Å²) in [5, 5.41) is 43.0. The molecule has 0 fully saturated rings.